The number of phenols is 1. The fourth-order valence-electron chi connectivity index (χ4n) is 7.89. The molecule has 4 aromatic rings. The number of nitrogens with one attached hydrogen (secondary N) is 4. The number of carbonyl (C=O) groups is 8. The molecule has 0 spiro atoms. The summed E-state index contributed by atoms with van der Waals surface area (Å²) < 4.78 is 11.0. The van der Waals surface area contributed by atoms with Crippen molar-refractivity contribution in [1.82, 2.24) is 21.3 Å². The second-order valence-corrected chi connectivity index (χ2v) is 18.1. The van der Waals surface area contributed by atoms with Crippen molar-refractivity contribution in [3.05, 3.63) is 125 Å². The molecule has 0 radical (unpaired) electrons. The highest BCUT2D eigenvalue weighted by Crippen LogP contribution is 2.44. The third-order valence-electron chi connectivity index (χ3n) is 11.5. The summed E-state index contributed by atoms with van der Waals surface area (Å²) in [5.41, 5.74) is 10.4. The zero-order valence-electron chi connectivity index (χ0n) is 39.0. The number of ketones is 3. The van der Waals surface area contributed by atoms with Crippen LogP contribution in [0.25, 0.3) is 11.1 Å². The molecule has 0 aliphatic heterocycles. The van der Waals surface area contributed by atoms with Crippen LogP contribution in [0.15, 0.2) is 103 Å². The third-order valence-corrected chi connectivity index (χ3v) is 11.5. The average molecular weight is 932 g/mol. The molecule has 0 fully saturated rings. The number of aromatic hydroxyl groups is 1. The van der Waals surface area contributed by atoms with E-state index in [-0.39, 0.29) is 63.3 Å². The topological polar surface area (TPSA) is 249 Å². The van der Waals surface area contributed by atoms with Crippen molar-refractivity contribution in [2.75, 3.05) is 13.2 Å². The maximum Gasteiger partial charge on any atom is 0.407 e. The Morgan fingerprint density at radius 2 is 1.22 bits per heavy atom. The summed E-state index contributed by atoms with van der Waals surface area (Å²) in [5, 5.41) is 20.1. The number of ether oxygens (including phenoxy) is 2. The molecule has 7 N–H and O–H groups in total. The van der Waals surface area contributed by atoms with Crippen LogP contribution in [0.3, 0.4) is 0 Å². The van der Waals surface area contributed by atoms with E-state index in [1.807, 2.05) is 48.5 Å². The number of fused-ring (bicyclic) bond motifs is 3. The van der Waals surface area contributed by atoms with Gasteiger partial charge in [-0.3, -0.25) is 28.8 Å². The Morgan fingerprint density at radius 1 is 0.647 bits per heavy atom. The summed E-state index contributed by atoms with van der Waals surface area (Å²) in [5.74, 6) is -5.65. The average Bonchev–Trinajstić information content (AvgIpc) is 3.61. The van der Waals surface area contributed by atoms with Gasteiger partial charge in [0, 0.05) is 50.0 Å². The second-order valence-electron chi connectivity index (χ2n) is 18.1. The lowest BCUT2D eigenvalue weighted by atomic mass is 9.91. The number of benzene rings is 4. The first-order chi connectivity index (χ1) is 32.3. The first kappa shape index (κ1) is 51.6. The molecule has 0 heterocycles. The number of carbonyl (C=O) groups excluding carboxylic acids is 8. The van der Waals surface area contributed by atoms with Crippen molar-refractivity contribution in [3.63, 3.8) is 0 Å². The standard InChI is InChI=1S/C52H61N5O11/c1-31(25-45(60)42(27-34-19-21-36(58)22-20-34)57-51(66)67-30-41-39-17-11-9-15-37(39)38-16-10-12-18-40(38)41)49(64)55-32(2)44(59)23-24-47(62)56-43(29-54-50(65)68-52(3,4)5)46(61)28-35(48(53)63)26-33-13-7-6-8-14-33/h6-22,31-32,35,41-43,58H,23-30H2,1-5H3,(H2,53,63)(H,54,65)(H,55,64)(H,56,62)(H,57,66)/t31-,32+,35-,42+,43+/m1/s1. The van der Waals surface area contributed by atoms with Gasteiger partial charge in [0.1, 0.15) is 24.0 Å². The molecule has 5 rings (SSSR count). The molecule has 5 amide bonds. The van der Waals surface area contributed by atoms with Gasteiger partial charge in [-0.05, 0) is 86.1 Å². The van der Waals surface area contributed by atoms with Gasteiger partial charge in [0.2, 0.25) is 17.7 Å². The molecule has 1 aliphatic rings. The van der Waals surface area contributed by atoms with Crippen molar-refractivity contribution in [2.45, 2.75) is 103 Å². The van der Waals surface area contributed by atoms with E-state index in [2.05, 4.69) is 21.3 Å². The fourth-order valence-corrected chi connectivity index (χ4v) is 7.89. The van der Waals surface area contributed by atoms with Gasteiger partial charge in [0.15, 0.2) is 17.3 Å². The predicted molar refractivity (Wildman–Crippen MR) is 253 cm³/mol. The highest BCUT2D eigenvalue weighted by molar-refractivity contribution is 5.96. The number of rotatable bonds is 23. The Morgan fingerprint density at radius 3 is 1.82 bits per heavy atom. The molecule has 0 bridgehead atoms. The molecule has 0 unspecified atom stereocenters. The lowest BCUT2D eigenvalue weighted by Crippen LogP contribution is -2.50. The van der Waals surface area contributed by atoms with Crippen molar-refractivity contribution in [2.24, 2.45) is 17.6 Å². The second kappa shape index (κ2) is 23.9. The predicted octanol–water partition coefficient (Wildman–Crippen LogP) is 5.60. The summed E-state index contributed by atoms with van der Waals surface area (Å²) in [6, 6.07) is 27.4. The first-order valence-corrected chi connectivity index (χ1v) is 22.6. The highest BCUT2D eigenvalue weighted by atomic mass is 16.6. The van der Waals surface area contributed by atoms with Crippen LogP contribution in [0, 0.1) is 11.8 Å². The summed E-state index contributed by atoms with van der Waals surface area (Å²) in [6.07, 6.45) is -2.81. The summed E-state index contributed by atoms with van der Waals surface area (Å²) >= 11 is 0. The van der Waals surface area contributed by atoms with Crippen LogP contribution in [0.1, 0.15) is 88.5 Å². The van der Waals surface area contributed by atoms with E-state index in [9.17, 15) is 43.5 Å². The Bertz CT molecular complexity index is 2410. The lowest BCUT2D eigenvalue weighted by Gasteiger charge is -2.23. The zero-order valence-corrected chi connectivity index (χ0v) is 39.0. The molecule has 0 saturated carbocycles. The van der Waals surface area contributed by atoms with Crippen LogP contribution in [0.2, 0.25) is 0 Å². The largest absolute Gasteiger partial charge is 0.508 e. The van der Waals surface area contributed by atoms with Gasteiger partial charge >= 0.3 is 12.2 Å². The Labute approximate surface area is 396 Å². The first-order valence-electron chi connectivity index (χ1n) is 22.6. The molecular weight excluding hydrogens is 871 g/mol. The van der Waals surface area contributed by atoms with E-state index in [0.29, 0.717) is 5.56 Å². The quantitative estimate of drug-likeness (QED) is 0.0534. The normalized spacial score (nSPS) is 14.1. The molecule has 0 aromatic heterocycles. The molecule has 0 saturated heterocycles. The van der Waals surface area contributed by atoms with Crippen LogP contribution < -0.4 is 27.0 Å². The summed E-state index contributed by atoms with van der Waals surface area (Å²) in [6.45, 7) is 7.56. The van der Waals surface area contributed by atoms with Crippen molar-refractivity contribution < 1.29 is 52.9 Å². The number of phenolic OH excluding ortho intramolecular Hbond substituents is 1. The minimum Gasteiger partial charge on any atom is -0.508 e. The van der Waals surface area contributed by atoms with Crippen LogP contribution in [-0.2, 0) is 51.1 Å². The Balaban J connectivity index is 1.15. The minimum atomic E-state index is -1.30. The maximum absolute atomic E-state index is 13.8. The van der Waals surface area contributed by atoms with E-state index < -0.39 is 82.8 Å². The van der Waals surface area contributed by atoms with Gasteiger partial charge < -0.3 is 41.6 Å². The zero-order chi connectivity index (χ0) is 49.5. The van der Waals surface area contributed by atoms with Crippen LogP contribution in [0.4, 0.5) is 9.59 Å². The molecular formula is C52H61N5O11. The molecule has 360 valence electrons. The van der Waals surface area contributed by atoms with Crippen LogP contribution >= 0.6 is 0 Å². The smallest absolute Gasteiger partial charge is 0.407 e. The summed E-state index contributed by atoms with van der Waals surface area (Å²) in [7, 11) is 0. The fraction of sp³-hybridized carbons (Fsp3) is 0.385. The molecule has 16 heteroatoms. The van der Waals surface area contributed by atoms with E-state index in [0.717, 1.165) is 27.8 Å². The van der Waals surface area contributed by atoms with Gasteiger partial charge in [-0.15, -0.1) is 0 Å². The SMILES string of the molecule is C[C@H](CC(=O)[C@H](Cc1ccc(O)cc1)NC(=O)OCC1c2ccccc2-c2ccccc21)C(=O)N[C@@H](C)C(=O)CCC(=O)N[C@@H](CNC(=O)OC(C)(C)C)C(=O)C[C@@H](Cc1ccccc1)C(N)=O. The Kier molecular flexibility index (Phi) is 18.1. The third kappa shape index (κ3) is 15.4. The molecule has 68 heavy (non-hydrogen) atoms. The van der Waals surface area contributed by atoms with Crippen molar-refractivity contribution >= 4 is 47.3 Å². The summed E-state index contributed by atoms with van der Waals surface area (Å²) in [4.78, 5) is 105. The van der Waals surface area contributed by atoms with Crippen molar-refractivity contribution in [3.8, 4) is 16.9 Å². The van der Waals surface area contributed by atoms with E-state index in [4.69, 9.17) is 15.2 Å². The van der Waals surface area contributed by atoms with E-state index in [1.165, 1.54) is 26.0 Å². The van der Waals surface area contributed by atoms with Gasteiger partial charge in [-0.1, -0.05) is 97.9 Å². The molecule has 5 atom stereocenters. The molecule has 4 aromatic carbocycles. The van der Waals surface area contributed by atoms with Crippen molar-refractivity contribution in [1.29, 1.82) is 0 Å². The maximum atomic E-state index is 13.8. The number of hydrogen-bond acceptors (Lipinski definition) is 11. The lowest BCUT2D eigenvalue weighted by molar-refractivity contribution is -0.133. The number of primary amides is 1. The van der Waals surface area contributed by atoms with Crippen LogP contribution in [-0.4, -0.2) is 89.2 Å². The number of Topliss-reactive ketones (excluding diaryl/α,β-unsaturated/α-hetero) is 3. The minimum absolute atomic E-state index is 0.0168. The van der Waals surface area contributed by atoms with Gasteiger partial charge in [0.05, 0.1) is 12.1 Å². The number of alkyl carbamates (subject to hydrolysis) is 2. The molecule has 16 nitrogen and oxygen atoms in total. The number of nitrogens with two attached hydrogens (primary N) is 1. The van der Waals surface area contributed by atoms with E-state index in [1.54, 1.807) is 63.2 Å². The molecule has 1 aliphatic carbocycles. The highest BCUT2D eigenvalue weighted by Gasteiger charge is 2.32. The van der Waals surface area contributed by atoms with Gasteiger partial charge in [0.25, 0.3) is 0 Å². The monoisotopic (exact) mass is 931 g/mol. The van der Waals surface area contributed by atoms with Crippen LogP contribution in [0.5, 0.6) is 5.75 Å². The number of hydrogen-bond donors (Lipinski definition) is 6. The van der Waals surface area contributed by atoms with E-state index >= 15 is 0 Å². The number of amides is 5. The van der Waals surface area contributed by atoms with Gasteiger partial charge in [-0.2, -0.15) is 0 Å². The Hall–Kier alpha value is -7.36. The van der Waals surface area contributed by atoms with Gasteiger partial charge in [-0.25, -0.2) is 9.59 Å².